The molecule has 0 aromatic carbocycles. The number of aromatic nitrogens is 2. The number of carbonyl (C=O) groups excluding carboxylic acids is 2. The van der Waals surface area contributed by atoms with E-state index in [2.05, 4.69) is 11.9 Å². The predicted octanol–water partition coefficient (Wildman–Crippen LogP) is 3.45. The van der Waals surface area contributed by atoms with Crippen molar-refractivity contribution < 1.29 is 19.1 Å². The number of hydrogen-bond donors (Lipinski definition) is 0. The lowest BCUT2D eigenvalue weighted by molar-refractivity contribution is -0.152. The summed E-state index contributed by atoms with van der Waals surface area (Å²) in [7, 11) is 0. The molecule has 2 aromatic heterocycles. The first kappa shape index (κ1) is 20.5. The smallest absolute Gasteiger partial charge is 0.348 e. The normalized spacial score (nSPS) is 19.8. The Morgan fingerprint density at radius 2 is 2.11 bits per heavy atom. The number of ether oxygens (including phenoxy) is 2. The predicted molar refractivity (Wildman–Crippen MR) is 107 cm³/mol. The van der Waals surface area contributed by atoms with Crippen molar-refractivity contribution in [1.29, 1.82) is 0 Å². The maximum Gasteiger partial charge on any atom is 0.348 e. The zero-order valence-electron chi connectivity index (χ0n) is 16.7. The van der Waals surface area contributed by atoms with Crippen LogP contribution in [0.1, 0.15) is 61.7 Å². The monoisotopic (exact) mass is 406 g/mol. The fraction of sp³-hybridized carbons (Fsp3) is 0.600. The molecule has 0 saturated heterocycles. The van der Waals surface area contributed by atoms with Gasteiger partial charge in [-0.25, -0.2) is 9.78 Å². The lowest BCUT2D eigenvalue weighted by Crippen LogP contribution is -2.30. The van der Waals surface area contributed by atoms with Crippen molar-refractivity contribution in [1.82, 2.24) is 9.55 Å². The van der Waals surface area contributed by atoms with Crippen LogP contribution in [0, 0.1) is 12.8 Å². The Labute approximate surface area is 167 Å². The van der Waals surface area contributed by atoms with Gasteiger partial charge in [-0.05, 0) is 51.5 Å². The molecule has 1 saturated carbocycles. The second-order valence-electron chi connectivity index (χ2n) is 7.75. The van der Waals surface area contributed by atoms with Gasteiger partial charge in [0.15, 0.2) is 0 Å². The van der Waals surface area contributed by atoms with Gasteiger partial charge < -0.3 is 9.47 Å². The number of thiophene rings is 1. The summed E-state index contributed by atoms with van der Waals surface area (Å²) in [6, 6.07) is 0. The zero-order chi connectivity index (χ0) is 20.4. The Morgan fingerprint density at radius 3 is 2.79 bits per heavy atom. The van der Waals surface area contributed by atoms with Gasteiger partial charge in [0.1, 0.15) is 22.4 Å². The molecule has 8 heteroatoms. The van der Waals surface area contributed by atoms with Crippen LogP contribution in [0.15, 0.2) is 11.1 Å². The van der Waals surface area contributed by atoms with E-state index in [1.807, 2.05) is 0 Å². The lowest BCUT2D eigenvalue weighted by atomic mass is 9.89. The van der Waals surface area contributed by atoms with E-state index in [-0.39, 0.29) is 24.3 Å². The highest BCUT2D eigenvalue weighted by Crippen LogP contribution is 2.28. The zero-order valence-corrected chi connectivity index (χ0v) is 17.5. The minimum absolute atomic E-state index is 0.0797. The summed E-state index contributed by atoms with van der Waals surface area (Å²) in [6.45, 7) is 7.21. The molecule has 0 unspecified atom stereocenters. The number of carbonyl (C=O) groups is 2. The molecule has 1 aliphatic carbocycles. The third-order valence-corrected chi connectivity index (χ3v) is 6.11. The van der Waals surface area contributed by atoms with Crippen LogP contribution in [0.3, 0.4) is 0 Å². The second kappa shape index (κ2) is 8.43. The van der Waals surface area contributed by atoms with Gasteiger partial charge in [0.2, 0.25) is 0 Å². The number of rotatable bonds is 5. The van der Waals surface area contributed by atoms with Gasteiger partial charge >= 0.3 is 11.9 Å². The van der Waals surface area contributed by atoms with Gasteiger partial charge in [0.05, 0.1) is 17.8 Å². The van der Waals surface area contributed by atoms with Gasteiger partial charge in [-0.15, -0.1) is 11.3 Å². The first-order valence-electron chi connectivity index (χ1n) is 9.65. The Bertz CT molecular complexity index is 946. The second-order valence-corrected chi connectivity index (χ2v) is 8.75. The molecular formula is C20H26N2O5S. The molecule has 1 fully saturated rings. The first-order chi connectivity index (χ1) is 13.3. The Kier molecular flexibility index (Phi) is 6.17. The molecule has 7 nitrogen and oxygen atoms in total. The molecule has 2 aromatic rings. The molecule has 0 N–H and O–H groups in total. The number of esters is 2. The molecule has 0 radical (unpaired) electrons. The summed E-state index contributed by atoms with van der Waals surface area (Å²) < 4.78 is 12.0. The topological polar surface area (TPSA) is 87.5 Å². The van der Waals surface area contributed by atoms with Crippen molar-refractivity contribution >= 4 is 33.5 Å². The van der Waals surface area contributed by atoms with Gasteiger partial charge in [-0.1, -0.05) is 13.3 Å². The van der Waals surface area contributed by atoms with Gasteiger partial charge in [0, 0.05) is 0 Å². The van der Waals surface area contributed by atoms with E-state index in [4.69, 9.17) is 9.47 Å². The molecule has 1 aliphatic rings. The average Bonchev–Trinajstić information content (AvgIpc) is 2.94. The summed E-state index contributed by atoms with van der Waals surface area (Å²) >= 11 is 1.13. The van der Waals surface area contributed by atoms with Crippen LogP contribution in [-0.4, -0.2) is 33.7 Å². The van der Waals surface area contributed by atoms with Crippen LogP contribution < -0.4 is 5.56 Å². The highest BCUT2D eigenvalue weighted by atomic mass is 32.1. The summed E-state index contributed by atoms with van der Waals surface area (Å²) in [6.07, 6.45) is 4.95. The van der Waals surface area contributed by atoms with E-state index in [1.165, 1.54) is 10.9 Å². The van der Waals surface area contributed by atoms with Crippen molar-refractivity contribution in [2.45, 2.75) is 72.1 Å². The minimum atomic E-state index is -0.465. The molecule has 0 aliphatic heterocycles. The number of nitrogens with zero attached hydrogens (tertiary/aromatic N) is 2. The molecule has 2 heterocycles. The number of hydrogen-bond acceptors (Lipinski definition) is 7. The molecule has 0 spiro atoms. The van der Waals surface area contributed by atoms with Gasteiger partial charge in [-0.2, -0.15) is 0 Å². The fourth-order valence-corrected chi connectivity index (χ4v) is 4.60. The SMILES string of the molecule is Cc1c(C(=O)OC(C)C)sc2ncn(CC(=O)O[C@@H]3CCC[C@@H](C)C3)c(=O)c12. The quantitative estimate of drug-likeness (QED) is 0.707. The average molecular weight is 407 g/mol. The molecule has 0 bridgehead atoms. The molecular weight excluding hydrogens is 380 g/mol. The van der Waals surface area contributed by atoms with Crippen LogP contribution in [-0.2, 0) is 20.8 Å². The standard InChI is InChI=1S/C20H26N2O5S/c1-11(2)26-20(25)17-13(4)16-18(28-17)21-10-22(19(16)24)9-15(23)27-14-7-5-6-12(3)8-14/h10-12,14H,5-9H2,1-4H3/t12-,14-/m1/s1. The van der Waals surface area contributed by atoms with E-state index in [9.17, 15) is 14.4 Å². The third kappa shape index (κ3) is 4.43. The summed E-state index contributed by atoms with van der Waals surface area (Å²) in [4.78, 5) is 42.5. The largest absolute Gasteiger partial charge is 0.461 e. The Hall–Kier alpha value is -2.22. The van der Waals surface area contributed by atoms with Crippen LogP contribution in [0.4, 0.5) is 0 Å². The minimum Gasteiger partial charge on any atom is -0.461 e. The van der Waals surface area contributed by atoms with Crippen LogP contribution >= 0.6 is 11.3 Å². The van der Waals surface area contributed by atoms with Crippen molar-refractivity contribution in [3.63, 3.8) is 0 Å². The molecule has 152 valence electrons. The van der Waals surface area contributed by atoms with E-state index in [1.54, 1.807) is 20.8 Å². The third-order valence-electron chi connectivity index (χ3n) is 4.93. The van der Waals surface area contributed by atoms with Gasteiger partial charge in [0.25, 0.3) is 5.56 Å². The van der Waals surface area contributed by atoms with E-state index in [0.29, 0.717) is 26.6 Å². The summed E-state index contributed by atoms with van der Waals surface area (Å²) in [5.74, 6) is -0.355. The number of aryl methyl sites for hydroxylation is 1. The lowest BCUT2D eigenvalue weighted by Gasteiger charge is -2.26. The van der Waals surface area contributed by atoms with Crippen molar-refractivity contribution in [3.8, 4) is 0 Å². The van der Waals surface area contributed by atoms with E-state index >= 15 is 0 Å². The maximum absolute atomic E-state index is 12.9. The van der Waals surface area contributed by atoms with Crippen LogP contribution in [0.2, 0.25) is 0 Å². The van der Waals surface area contributed by atoms with E-state index in [0.717, 1.165) is 37.0 Å². The highest BCUT2D eigenvalue weighted by Gasteiger charge is 2.24. The Balaban J connectivity index is 1.80. The van der Waals surface area contributed by atoms with Crippen LogP contribution in [0.25, 0.3) is 10.2 Å². The number of fused-ring (bicyclic) bond motifs is 1. The van der Waals surface area contributed by atoms with Crippen LogP contribution in [0.5, 0.6) is 0 Å². The molecule has 2 atom stereocenters. The highest BCUT2D eigenvalue weighted by molar-refractivity contribution is 7.20. The van der Waals surface area contributed by atoms with E-state index < -0.39 is 11.9 Å². The van der Waals surface area contributed by atoms with Crippen molar-refractivity contribution in [2.75, 3.05) is 0 Å². The van der Waals surface area contributed by atoms with Crippen molar-refractivity contribution in [2.24, 2.45) is 5.92 Å². The van der Waals surface area contributed by atoms with Gasteiger partial charge in [-0.3, -0.25) is 14.2 Å². The molecule has 3 rings (SSSR count). The summed E-state index contributed by atoms with van der Waals surface area (Å²) in [5.41, 5.74) is 0.184. The fourth-order valence-electron chi connectivity index (χ4n) is 3.58. The summed E-state index contributed by atoms with van der Waals surface area (Å²) in [5, 5.41) is 0.349. The molecule has 0 amide bonds. The van der Waals surface area contributed by atoms with Crippen molar-refractivity contribution in [3.05, 3.63) is 27.1 Å². The first-order valence-corrected chi connectivity index (χ1v) is 10.5. The Morgan fingerprint density at radius 1 is 1.36 bits per heavy atom. The maximum atomic E-state index is 12.9. The molecule has 28 heavy (non-hydrogen) atoms.